The Kier molecular flexibility index (Phi) is 3.73. The van der Waals surface area contributed by atoms with E-state index in [4.69, 9.17) is 4.42 Å². The number of aryl methyl sites for hydroxylation is 1. The summed E-state index contributed by atoms with van der Waals surface area (Å²) in [5, 5.41) is 0.987. The van der Waals surface area contributed by atoms with E-state index in [1.807, 2.05) is 54.3 Å². The van der Waals surface area contributed by atoms with Crippen LogP contribution in [0.3, 0.4) is 0 Å². The van der Waals surface area contributed by atoms with E-state index < -0.39 is 0 Å². The van der Waals surface area contributed by atoms with Crippen molar-refractivity contribution >= 4 is 22.6 Å². The number of amides is 1. The van der Waals surface area contributed by atoms with Crippen LogP contribution in [0.2, 0.25) is 0 Å². The van der Waals surface area contributed by atoms with Gasteiger partial charge in [-0.1, -0.05) is 36.4 Å². The molecule has 0 unspecified atom stereocenters. The molecule has 1 saturated heterocycles. The van der Waals surface area contributed by atoms with Gasteiger partial charge in [0.1, 0.15) is 5.58 Å². The molecule has 4 nitrogen and oxygen atoms in total. The molecule has 0 saturated carbocycles. The first-order valence-corrected chi connectivity index (χ1v) is 8.31. The Morgan fingerprint density at radius 3 is 2.42 bits per heavy atom. The first-order chi connectivity index (χ1) is 11.7. The number of rotatable bonds is 2. The molecule has 1 fully saturated rings. The highest BCUT2D eigenvalue weighted by atomic mass is 16.3. The molecule has 1 aliphatic rings. The van der Waals surface area contributed by atoms with Crippen molar-refractivity contribution in [2.45, 2.75) is 6.92 Å². The number of furan rings is 1. The number of carbonyl (C=O) groups excluding carboxylic acids is 1. The second-order valence-corrected chi connectivity index (χ2v) is 6.22. The van der Waals surface area contributed by atoms with Crippen LogP contribution in [0.1, 0.15) is 16.1 Å². The maximum absolute atomic E-state index is 12.7. The van der Waals surface area contributed by atoms with E-state index in [-0.39, 0.29) is 5.91 Å². The number of para-hydroxylation sites is 2. The second-order valence-electron chi connectivity index (χ2n) is 6.22. The van der Waals surface area contributed by atoms with Gasteiger partial charge in [-0.3, -0.25) is 4.79 Å². The monoisotopic (exact) mass is 320 g/mol. The fourth-order valence-corrected chi connectivity index (χ4v) is 3.28. The Hall–Kier alpha value is -2.75. The van der Waals surface area contributed by atoms with Crippen molar-refractivity contribution in [3.05, 3.63) is 65.9 Å². The number of piperazine rings is 1. The van der Waals surface area contributed by atoms with Crippen LogP contribution < -0.4 is 4.90 Å². The summed E-state index contributed by atoms with van der Waals surface area (Å²) in [5.74, 6) is 0.422. The second kappa shape index (κ2) is 6.04. The van der Waals surface area contributed by atoms with Gasteiger partial charge in [-0.25, -0.2) is 0 Å². The molecule has 24 heavy (non-hydrogen) atoms. The Balaban J connectivity index is 1.48. The van der Waals surface area contributed by atoms with Gasteiger partial charge in [0, 0.05) is 37.3 Å². The van der Waals surface area contributed by atoms with Gasteiger partial charge in [-0.15, -0.1) is 0 Å². The van der Waals surface area contributed by atoms with Gasteiger partial charge in [0.25, 0.3) is 5.91 Å². The number of anilines is 1. The summed E-state index contributed by atoms with van der Waals surface area (Å²) in [5.41, 5.74) is 3.08. The summed E-state index contributed by atoms with van der Waals surface area (Å²) in [4.78, 5) is 16.9. The van der Waals surface area contributed by atoms with E-state index in [0.717, 1.165) is 29.6 Å². The molecule has 0 atom stereocenters. The van der Waals surface area contributed by atoms with Crippen molar-refractivity contribution in [3.8, 4) is 0 Å². The highest BCUT2D eigenvalue weighted by Crippen LogP contribution is 2.24. The molecule has 0 aliphatic carbocycles. The Labute approximate surface area is 141 Å². The molecule has 0 radical (unpaired) electrons. The normalized spacial score (nSPS) is 15.0. The molecule has 1 aliphatic heterocycles. The smallest absolute Gasteiger partial charge is 0.289 e. The summed E-state index contributed by atoms with van der Waals surface area (Å²) in [7, 11) is 0. The van der Waals surface area contributed by atoms with Crippen molar-refractivity contribution in [3.63, 3.8) is 0 Å². The summed E-state index contributed by atoms with van der Waals surface area (Å²) in [6.45, 7) is 5.11. The Bertz CT molecular complexity index is 862. The fourth-order valence-electron chi connectivity index (χ4n) is 3.28. The minimum absolute atomic E-state index is 0.0155. The summed E-state index contributed by atoms with van der Waals surface area (Å²) in [6, 6.07) is 18.2. The van der Waals surface area contributed by atoms with Crippen LogP contribution in [0.5, 0.6) is 0 Å². The summed E-state index contributed by atoms with van der Waals surface area (Å²) in [6.07, 6.45) is 0. The van der Waals surface area contributed by atoms with E-state index in [1.54, 1.807) is 0 Å². The average Bonchev–Trinajstić information content (AvgIpc) is 3.08. The van der Waals surface area contributed by atoms with Gasteiger partial charge in [-0.05, 0) is 30.7 Å². The SMILES string of the molecule is Cc1cccc2cc(C(=O)N3CCN(c4ccccc4)CC3)oc12. The predicted octanol–water partition coefficient (Wildman–Crippen LogP) is 3.70. The first kappa shape index (κ1) is 14.8. The third-order valence-corrected chi connectivity index (χ3v) is 4.64. The first-order valence-electron chi connectivity index (χ1n) is 8.31. The average molecular weight is 320 g/mol. The van der Waals surface area contributed by atoms with Gasteiger partial charge in [-0.2, -0.15) is 0 Å². The number of benzene rings is 2. The van der Waals surface area contributed by atoms with Crippen molar-refractivity contribution in [1.82, 2.24) is 4.90 Å². The molecular formula is C20H20N2O2. The van der Waals surface area contributed by atoms with Crippen molar-refractivity contribution in [2.75, 3.05) is 31.1 Å². The van der Waals surface area contributed by atoms with Crippen molar-refractivity contribution in [2.24, 2.45) is 0 Å². The molecule has 2 heterocycles. The molecule has 4 rings (SSSR count). The zero-order valence-corrected chi connectivity index (χ0v) is 13.7. The molecule has 4 heteroatoms. The number of nitrogens with zero attached hydrogens (tertiary/aromatic N) is 2. The molecule has 0 spiro atoms. The molecule has 122 valence electrons. The van der Waals surface area contributed by atoms with Crippen LogP contribution in [-0.2, 0) is 0 Å². The molecule has 0 N–H and O–H groups in total. The number of carbonyl (C=O) groups is 1. The van der Waals surface area contributed by atoms with Gasteiger partial charge >= 0.3 is 0 Å². The van der Waals surface area contributed by atoms with Gasteiger partial charge < -0.3 is 14.2 Å². The highest BCUT2D eigenvalue weighted by molar-refractivity contribution is 5.96. The van der Waals surface area contributed by atoms with Crippen LogP contribution in [0.25, 0.3) is 11.0 Å². The molecule has 1 aromatic heterocycles. The lowest BCUT2D eigenvalue weighted by Gasteiger charge is -2.35. The van der Waals surface area contributed by atoms with Gasteiger partial charge in [0.2, 0.25) is 0 Å². The van der Waals surface area contributed by atoms with Crippen LogP contribution in [0.4, 0.5) is 5.69 Å². The topological polar surface area (TPSA) is 36.7 Å². The third kappa shape index (κ3) is 2.64. The number of hydrogen-bond donors (Lipinski definition) is 0. The van der Waals surface area contributed by atoms with Crippen LogP contribution in [0, 0.1) is 6.92 Å². The lowest BCUT2D eigenvalue weighted by Crippen LogP contribution is -2.48. The molecular weight excluding hydrogens is 300 g/mol. The molecule has 0 bridgehead atoms. The summed E-state index contributed by atoms with van der Waals surface area (Å²) >= 11 is 0. The lowest BCUT2D eigenvalue weighted by atomic mass is 10.2. The quantitative estimate of drug-likeness (QED) is 0.722. The van der Waals surface area contributed by atoms with Crippen LogP contribution >= 0.6 is 0 Å². The van der Waals surface area contributed by atoms with Gasteiger partial charge in [0.05, 0.1) is 0 Å². The third-order valence-electron chi connectivity index (χ3n) is 4.64. The van der Waals surface area contributed by atoms with Crippen LogP contribution in [-0.4, -0.2) is 37.0 Å². The minimum Gasteiger partial charge on any atom is -0.451 e. The minimum atomic E-state index is -0.0155. The number of hydrogen-bond acceptors (Lipinski definition) is 3. The lowest BCUT2D eigenvalue weighted by molar-refractivity contribution is 0.0717. The molecule has 2 aromatic carbocycles. The van der Waals surface area contributed by atoms with Crippen LogP contribution in [0.15, 0.2) is 59.0 Å². The van der Waals surface area contributed by atoms with Crippen molar-refractivity contribution in [1.29, 1.82) is 0 Å². The Morgan fingerprint density at radius 1 is 0.958 bits per heavy atom. The zero-order chi connectivity index (χ0) is 16.5. The van der Waals surface area contributed by atoms with Crippen molar-refractivity contribution < 1.29 is 9.21 Å². The Morgan fingerprint density at radius 2 is 1.71 bits per heavy atom. The molecule has 3 aromatic rings. The maximum atomic E-state index is 12.7. The molecule has 1 amide bonds. The van der Waals surface area contributed by atoms with E-state index in [1.165, 1.54) is 5.69 Å². The summed E-state index contributed by atoms with van der Waals surface area (Å²) < 4.78 is 5.82. The zero-order valence-electron chi connectivity index (χ0n) is 13.7. The van der Waals surface area contributed by atoms with E-state index >= 15 is 0 Å². The highest BCUT2D eigenvalue weighted by Gasteiger charge is 2.24. The standard InChI is InChI=1S/C20H20N2O2/c1-15-6-5-7-16-14-18(24-19(15)16)20(23)22-12-10-21(11-13-22)17-8-3-2-4-9-17/h2-9,14H,10-13H2,1H3. The number of fused-ring (bicyclic) bond motifs is 1. The van der Waals surface area contributed by atoms with E-state index in [9.17, 15) is 4.79 Å². The predicted molar refractivity (Wildman–Crippen MR) is 95.5 cm³/mol. The largest absolute Gasteiger partial charge is 0.451 e. The van der Waals surface area contributed by atoms with Gasteiger partial charge in [0.15, 0.2) is 5.76 Å². The van der Waals surface area contributed by atoms with E-state index in [0.29, 0.717) is 18.8 Å². The fraction of sp³-hybridized carbons (Fsp3) is 0.250. The maximum Gasteiger partial charge on any atom is 0.289 e. The van der Waals surface area contributed by atoms with E-state index in [2.05, 4.69) is 17.0 Å².